The van der Waals surface area contributed by atoms with Crippen molar-refractivity contribution in [3.63, 3.8) is 0 Å². The predicted octanol–water partition coefficient (Wildman–Crippen LogP) is 2.96. The van der Waals surface area contributed by atoms with Crippen molar-refractivity contribution in [3.8, 4) is 5.75 Å². The number of piperidine rings is 1. The van der Waals surface area contributed by atoms with Gasteiger partial charge in [-0.1, -0.05) is 42.5 Å². The summed E-state index contributed by atoms with van der Waals surface area (Å²) in [4.78, 5) is 27.1. The highest BCUT2D eigenvalue weighted by Crippen LogP contribution is 2.30. The molecule has 0 aromatic heterocycles. The summed E-state index contributed by atoms with van der Waals surface area (Å²) in [6, 6.07) is 16.5. The SMILES string of the molecule is CCOc1ccccc1NC(=O)[C@H](c1ccccc1)N1CCC[C@H](C(N)=O)C1. The van der Waals surface area contributed by atoms with E-state index in [9.17, 15) is 9.59 Å². The number of rotatable bonds is 7. The Hall–Kier alpha value is -2.86. The molecule has 0 radical (unpaired) electrons. The Balaban J connectivity index is 1.87. The number of carbonyl (C=O) groups is 2. The fraction of sp³-hybridized carbons (Fsp3) is 0.364. The molecule has 2 aromatic rings. The van der Waals surface area contributed by atoms with Crippen molar-refractivity contribution in [1.82, 2.24) is 4.90 Å². The lowest BCUT2D eigenvalue weighted by molar-refractivity contribution is -0.127. The molecule has 2 atom stereocenters. The number of nitrogens with zero attached hydrogens (tertiary/aromatic N) is 1. The van der Waals surface area contributed by atoms with Gasteiger partial charge in [-0.15, -0.1) is 0 Å². The third kappa shape index (κ3) is 4.70. The molecule has 3 rings (SSSR count). The van der Waals surface area contributed by atoms with Crippen LogP contribution >= 0.6 is 0 Å². The molecule has 0 saturated carbocycles. The topological polar surface area (TPSA) is 84.7 Å². The molecule has 0 unspecified atom stereocenters. The Labute approximate surface area is 165 Å². The number of hydrogen-bond acceptors (Lipinski definition) is 4. The van der Waals surface area contributed by atoms with Gasteiger partial charge in [0.1, 0.15) is 11.8 Å². The van der Waals surface area contributed by atoms with E-state index in [4.69, 9.17) is 10.5 Å². The molecule has 1 aliphatic rings. The molecular formula is C22H27N3O3. The van der Waals surface area contributed by atoms with Crippen LogP contribution in [0.3, 0.4) is 0 Å². The minimum atomic E-state index is -0.502. The number of ether oxygens (including phenoxy) is 1. The van der Waals surface area contributed by atoms with Crippen molar-refractivity contribution in [2.24, 2.45) is 11.7 Å². The summed E-state index contributed by atoms with van der Waals surface area (Å²) in [6.45, 7) is 3.64. The Morgan fingerprint density at radius 1 is 1.18 bits per heavy atom. The molecule has 1 heterocycles. The lowest BCUT2D eigenvalue weighted by atomic mass is 9.94. The Kier molecular flexibility index (Phi) is 6.66. The monoisotopic (exact) mass is 381 g/mol. The number of nitrogens with two attached hydrogens (primary N) is 1. The van der Waals surface area contributed by atoms with Crippen LogP contribution in [0.25, 0.3) is 0 Å². The van der Waals surface area contributed by atoms with Gasteiger partial charge in [-0.2, -0.15) is 0 Å². The molecule has 0 spiro atoms. The van der Waals surface area contributed by atoms with Crippen molar-refractivity contribution in [2.75, 3.05) is 25.0 Å². The van der Waals surface area contributed by atoms with Gasteiger partial charge in [-0.05, 0) is 44.0 Å². The van der Waals surface area contributed by atoms with Gasteiger partial charge in [0.05, 0.1) is 18.2 Å². The molecule has 28 heavy (non-hydrogen) atoms. The van der Waals surface area contributed by atoms with Gasteiger partial charge in [0.2, 0.25) is 11.8 Å². The second-order valence-electron chi connectivity index (χ2n) is 6.97. The average molecular weight is 381 g/mol. The maximum atomic E-state index is 13.3. The van der Waals surface area contributed by atoms with Gasteiger partial charge in [0.25, 0.3) is 0 Å². The molecule has 0 aliphatic carbocycles. The average Bonchev–Trinajstić information content (AvgIpc) is 2.71. The summed E-state index contributed by atoms with van der Waals surface area (Å²) in [7, 11) is 0. The first-order chi connectivity index (χ1) is 13.6. The lowest BCUT2D eigenvalue weighted by Gasteiger charge is -2.36. The van der Waals surface area contributed by atoms with E-state index in [1.807, 2.05) is 66.4 Å². The number of para-hydroxylation sites is 2. The first kappa shape index (κ1) is 19.9. The maximum absolute atomic E-state index is 13.3. The number of likely N-dealkylation sites (tertiary alicyclic amines) is 1. The van der Waals surface area contributed by atoms with E-state index < -0.39 is 6.04 Å². The second kappa shape index (κ2) is 9.37. The third-order valence-corrected chi connectivity index (χ3v) is 5.03. The fourth-order valence-corrected chi connectivity index (χ4v) is 3.69. The van der Waals surface area contributed by atoms with Crippen molar-refractivity contribution in [1.29, 1.82) is 0 Å². The number of amides is 2. The molecule has 1 fully saturated rings. The van der Waals surface area contributed by atoms with E-state index in [-0.39, 0.29) is 17.7 Å². The smallest absolute Gasteiger partial charge is 0.246 e. The lowest BCUT2D eigenvalue weighted by Crippen LogP contribution is -2.46. The van der Waals surface area contributed by atoms with Crippen LogP contribution in [0.5, 0.6) is 5.75 Å². The molecule has 2 amide bonds. The quantitative estimate of drug-likeness (QED) is 0.772. The summed E-state index contributed by atoms with van der Waals surface area (Å²) in [6.07, 6.45) is 1.60. The minimum absolute atomic E-state index is 0.150. The summed E-state index contributed by atoms with van der Waals surface area (Å²) >= 11 is 0. The Bertz CT molecular complexity index is 810. The number of primary amides is 1. The van der Waals surface area contributed by atoms with Crippen LogP contribution in [0, 0.1) is 5.92 Å². The zero-order valence-corrected chi connectivity index (χ0v) is 16.1. The van der Waals surface area contributed by atoms with Gasteiger partial charge in [-0.25, -0.2) is 0 Å². The molecule has 0 bridgehead atoms. The summed E-state index contributed by atoms with van der Waals surface area (Å²) < 4.78 is 5.63. The first-order valence-corrected chi connectivity index (χ1v) is 9.71. The fourth-order valence-electron chi connectivity index (χ4n) is 3.69. The van der Waals surface area contributed by atoms with Crippen LogP contribution in [0.4, 0.5) is 5.69 Å². The Morgan fingerprint density at radius 3 is 2.61 bits per heavy atom. The molecule has 3 N–H and O–H groups in total. The number of nitrogens with one attached hydrogen (secondary N) is 1. The van der Waals surface area contributed by atoms with Gasteiger partial charge in [0.15, 0.2) is 0 Å². The predicted molar refractivity (Wildman–Crippen MR) is 109 cm³/mol. The largest absolute Gasteiger partial charge is 0.492 e. The van der Waals surface area contributed by atoms with Crippen molar-refractivity contribution < 1.29 is 14.3 Å². The van der Waals surface area contributed by atoms with Crippen molar-refractivity contribution >= 4 is 17.5 Å². The summed E-state index contributed by atoms with van der Waals surface area (Å²) in [5.74, 6) is -0.0515. The van der Waals surface area contributed by atoms with Crippen LogP contribution in [0.1, 0.15) is 31.4 Å². The van der Waals surface area contributed by atoms with Crippen molar-refractivity contribution in [2.45, 2.75) is 25.8 Å². The van der Waals surface area contributed by atoms with E-state index in [2.05, 4.69) is 5.32 Å². The molecule has 1 saturated heterocycles. The molecule has 6 heteroatoms. The molecular weight excluding hydrogens is 354 g/mol. The maximum Gasteiger partial charge on any atom is 0.246 e. The van der Waals surface area contributed by atoms with Crippen LogP contribution in [-0.2, 0) is 9.59 Å². The normalized spacial score (nSPS) is 18.2. The standard InChI is InChI=1S/C22H27N3O3/c1-2-28-19-13-7-6-12-18(19)24-22(27)20(16-9-4-3-5-10-16)25-14-8-11-17(15-25)21(23)26/h3-7,9-10,12-13,17,20H,2,8,11,14-15H2,1H3,(H2,23,26)(H,24,27)/t17-,20-/m0/s1. The van der Waals surface area contributed by atoms with E-state index in [0.29, 0.717) is 24.6 Å². The molecule has 2 aromatic carbocycles. The van der Waals surface area contributed by atoms with Gasteiger partial charge in [0, 0.05) is 6.54 Å². The number of carbonyl (C=O) groups excluding carboxylic acids is 2. The van der Waals surface area contributed by atoms with Gasteiger partial charge in [-0.3, -0.25) is 14.5 Å². The number of hydrogen-bond donors (Lipinski definition) is 2. The molecule has 6 nitrogen and oxygen atoms in total. The Morgan fingerprint density at radius 2 is 1.89 bits per heavy atom. The summed E-state index contributed by atoms with van der Waals surface area (Å²) in [5, 5.41) is 3.01. The zero-order valence-electron chi connectivity index (χ0n) is 16.1. The van der Waals surface area contributed by atoms with Crippen LogP contribution < -0.4 is 15.8 Å². The van der Waals surface area contributed by atoms with E-state index in [0.717, 1.165) is 24.9 Å². The zero-order chi connectivity index (χ0) is 19.9. The minimum Gasteiger partial charge on any atom is -0.492 e. The van der Waals surface area contributed by atoms with E-state index in [1.165, 1.54) is 0 Å². The van der Waals surface area contributed by atoms with Gasteiger partial charge < -0.3 is 15.8 Å². The van der Waals surface area contributed by atoms with Crippen LogP contribution in [0.15, 0.2) is 54.6 Å². The number of benzene rings is 2. The molecule has 1 aliphatic heterocycles. The van der Waals surface area contributed by atoms with Crippen LogP contribution in [0.2, 0.25) is 0 Å². The van der Waals surface area contributed by atoms with E-state index >= 15 is 0 Å². The second-order valence-corrected chi connectivity index (χ2v) is 6.97. The highest BCUT2D eigenvalue weighted by atomic mass is 16.5. The third-order valence-electron chi connectivity index (χ3n) is 5.03. The molecule has 148 valence electrons. The summed E-state index contributed by atoms with van der Waals surface area (Å²) in [5.41, 5.74) is 7.06. The highest BCUT2D eigenvalue weighted by molar-refractivity contribution is 5.96. The van der Waals surface area contributed by atoms with Gasteiger partial charge >= 0.3 is 0 Å². The van der Waals surface area contributed by atoms with Crippen LogP contribution in [-0.4, -0.2) is 36.4 Å². The first-order valence-electron chi connectivity index (χ1n) is 9.71. The van der Waals surface area contributed by atoms with Crippen molar-refractivity contribution in [3.05, 3.63) is 60.2 Å². The highest BCUT2D eigenvalue weighted by Gasteiger charge is 2.33. The van der Waals surface area contributed by atoms with E-state index in [1.54, 1.807) is 0 Å². The number of anilines is 1.